The lowest BCUT2D eigenvalue weighted by molar-refractivity contribution is 0.00843. The van der Waals surface area contributed by atoms with Crippen LogP contribution in [0.25, 0.3) is 0 Å². The zero-order valence-electron chi connectivity index (χ0n) is 12.1. The molecule has 0 aromatic carbocycles. The number of piperazine rings is 1. The van der Waals surface area contributed by atoms with Gasteiger partial charge >= 0.3 is 0 Å². The van der Waals surface area contributed by atoms with E-state index in [-0.39, 0.29) is 0 Å². The van der Waals surface area contributed by atoms with Gasteiger partial charge in [0.2, 0.25) is 0 Å². The van der Waals surface area contributed by atoms with Crippen LogP contribution in [0.1, 0.15) is 71.1 Å². The minimum Gasteiger partial charge on any atom is -0.308 e. The maximum atomic E-state index is 3.99. The highest BCUT2D eigenvalue weighted by molar-refractivity contribution is 5.08. The Labute approximate surface area is 113 Å². The van der Waals surface area contributed by atoms with Crippen molar-refractivity contribution in [3.8, 4) is 0 Å². The zero-order chi connectivity index (χ0) is 12.5. The molecule has 0 amide bonds. The molecule has 0 aromatic heterocycles. The average molecular weight is 250 g/mol. The summed E-state index contributed by atoms with van der Waals surface area (Å²) in [4.78, 5) is 2.91. The monoisotopic (exact) mass is 250 g/mol. The highest BCUT2D eigenvalue weighted by Crippen LogP contribution is 2.42. The first-order valence-electron chi connectivity index (χ1n) is 8.29. The standard InChI is InChI=1S/C16H30N2/c1-2-3-12-18-14-15(8-4-5-9-15)17-13-16(18)10-6-7-11-16/h17H,2-14H2,1H3. The first kappa shape index (κ1) is 12.9. The lowest BCUT2D eigenvalue weighted by atomic mass is 9.84. The first-order chi connectivity index (χ1) is 8.79. The molecule has 2 spiro atoms. The van der Waals surface area contributed by atoms with Gasteiger partial charge in [-0.15, -0.1) is 0 Å². The minimum atomic E-state index is 0.502. The molecule has 2 heteroatoms. The number of nitrogens with zero attached hydrogens (tertiary/aromatic N) is 1. The van der Waals surface area contributed by atoms with Crippen LogP contribution in [0.5, 0.6) is 0 Å². The van der Waals surface area contributed by atoms with Crippen molar-refractivity contribution in [3.05, 3.63) is 0 Å². The number of hydrogen-bond donors (Lipinski definition) is 1. The molecule has 1 saturated heterocycles. The van der Waals surface area contributed by atoms with Gasteiger partial charge in [-0.2, -0.15) is 0 Å². The molecule has 2 aliphatic carbocycles. The Morgan fingerprint density at radius 1 is 1.00 bits per heavy atom. The van der Waals surface area contributed by atoms with Crippen LogP contribution in [0.3, 0.4) is 0 Å². The van der Waals surface area contributed by atoms with E-state index in [1.807, 2.05) is 0 Å². The summed E-state index contributed by atoms with van der Waals surface area (Å²) in [6, 6.07) is 0. The predicted octanol–water partition coefficient (Wildman–Crippen LogP) is 3.32. The van der Waals surface area contributed by atoms with Crippen molar-refractivity contribution in [2.45, 2.75) is 82.2 Å². The summed E-state index contributed by atoms with van der Waals surface area (Å²) in [5.41, 5.74) is 1.05. The van der Waals surface area contributed by atoms with Gasteiger partial charge in [0, 0.05) is 24.2 Å². The first-order valence-corrected chi connectivity index (χ1v) is 8.29. The molecule has 2 saturated carbocycles. The molecule has 0 bridgehead atoms. The number of unbranched alkanes of at least 4 members (excludes halogenated alkanes) is 1. The Morgan fingerprint density at radius 3 is 2.33 bits per heavy atom. The highest BCUT2D eigenvalue weighted by atomic mass is 15.3. The lowest BCUT2D eigenvalue weighted by Gasteiger charge is -2.53. The molecular formula is C16H30N2. The summed E-state index contributed by atoms with van der Waals surface area (Å²) >= 11 is 0. The Kier molecular flexibility index (Phi) is 3.68. The molecule has 3 rings (SSSR count). The van der Waals surface area contributed by atoms with E-state index >= 15 is 0 Å². The van der Waals surface area contributed by atoms with E-state index in [0.717, 1.165) is 0 Å². The van der Waals surface area contributed by atoms with Gasteiger partial charge in [0.15, 0.2) is 0 Å². The largest absolute Gasteiger partial charge is 0.308 e. The van der Waals surface area contributed by atoms with Crippen LogP contribution in [0, 0.1) is 0 Å². The molecule has 0 atom stereocenters. The number of rotatable bonds is 3. The molecule has 1 N–H and O–H groups in total. The summed E-state index contributed by atoms with van der Waals surface area (Å²) < 4.78 is 0. The second-order valence-corrected chi connectivity index (χ2v) is 7.05. The van der Waals surface area contributed by atoms with Crippen molar-refractivity contribution in [2.75, 3.05) is 19.6 Å². The van der Waals surface area contributed by atoms with Crippen LogP contribution in [0.15, 0.2) is 0 Å². The normalized spacial score (nSPS) is 30.5. The van der Waals surface area contributed by atoms with Crippen LogP contribution in [-0.2, 0) is 0 Å². The van der Waals surface area contributed by atoms with Gasteiger partial charge in [0.25, 0.3) is 0 Å². The van der Waals surface area contributed by atoms with E-state index in [4.69, 9.17) is 0 Å². The van der Waals surface area contributed by atoms with E-state index < -0.39 is 0 Å². The van der Waals surface area contributed by atoms with Gasteiger partial charge < -0.3 is 5.32 Å². The third-order valence-corrected chi connectivity index (χ3v) is 5.83. The lowest BCUT2D eigenvalue weighted by Crippen LogP contribution is -2.68. The Balaban J connectivity index is 1.72. The Bertz CT molecular complexity index is 275. The van der Waals surface area contributed by atoms with Gasteiger partial charge in [0.05, 0.1) is 0 Å². The van der Waals surface area contributed by atoms with Crippen LogP contribution in [0.2, 0.25) is 0 Å². The van der Waals surface area contributed by atoms with Crippen molar-refractivity contribution >= 4 is 0 Å². The molecule has 0 radical (unpaired) electrons. The third kappa shape index (κ3) is 2.22. The molecule has 2 nitrogen and oxygen atoms in total. The highest BCUT2D eigenvalue weighted by Gasteiger charge is 2.48. The van der Waals surface area contributed by atoms with Crippen molar-refractivity contribution in [1.29, 1.82) is 0 Å². The van der Waals surface area contributed by atoms with Gasteiger partial charge in [-0.1, -0.05) is 39.0 Å². The second kappa shape index (κ2) is 5.13. The van der Waals surface area contributed by atoms with Crippen molar-refractivity contribution in [3.63, 3.8) is 0 Å². The fraction of sp³-hybridized carbons (Fsp3) is 1.00. The van der Waals surface area contributed by atoms with E-state index in [1.165, 1.54) is 83.8 Å². The third-order valence-electron chi connectivity index (χ3n) is 5.83. The quantitative estimate of drug-likeness (QED) is 0.826. The minimum absolute atomic E-state index is 0.502. The average Bonchev–Trinajstić information content (AvgIpc) is 3.02. The predicted molar refractivity (Wildman–Crippen MR) is 76.9 cm³/mol. The summed E-state index contributed by atoms with van der Waals surface area (Å²) in [7, 11) is 0. The zero-order valence-corrected chi connectivity index (χ0v) is 12.1. The molecular weight excluding hydrogens is 220 g/mol. The second-order valence-electron chi connectivity index (χ2n) is 7.05. The molecule has 104 valence electrons. The summed E-state index contributed by atoms with van der Waals surface area (Å²) in [5.74, 6) is 0. The van der Waals surface area contributed by atoms with Gasteiger partial charge in [-0.3, -0.25) is 4.90 Å². The topological polar surface area (TPSA) is 15.3 Å². The Hall–Kier alpha value is -0.0800. The summed E-state index contributed by atoms with van der Waals surface area (Å²) in [6.07, 6.45) is 14.3. The number of hydrogen-bond acceptors (Lipinski definition) is 2. The van der Waals surface area contributed by atoms with E-state index in [2.05, 4.69) is 17.1 Å². The molecule has 0 unspecified atom stereocenters. The van der Waals surface area contributed by atoms with E-state index in [1.54, 1.807) is 0 Å². The van der Waals surface area contributed by atoms with Crippen molar-refractivity contribution in [1.82, 2.24) is 10.2 Å². The fourth-order valence-corrected chi connectivity index (χ4v) is 4.63. The van der Waals surface area contributed by atoms with Crippen LogP contribution >= 0.6 is 0 Å². The molecule has 3 fully saturated rings. The van der Waals surface area contributed by atoms with Crippen molar-refractivity contribution in [2.24, 2.45) is 0 Å². The van der Waals surface area contributed by atoms with Crippen LogP contribution in [0.4, 0.5) is 0 Å². The van der Waals surface area contributed by atoms with E-state index in [9.17, 15) is 0 Å². The van der Waals surface area contributed by atoms with Crippen molar-refractivity contribution < 1.29 is 0 Å². The number of nitrogens with one attached hydrogen (secondary N) is 1. The smallest absolute Gasteiger partial charge is 0.0334 e. The maximum Gasteiger partial charge on any atom is 0.0334 e. The van der Waals surface area contributed by atoms with Gasteiger partial charge in [-0.25, -0.2) is 0 Å². The summed E-state index contributed by atoms with van der Waals surface area (Å²) in [5, 5.41) is 3.99. The van der Waals surface area contributed by atoms with Crippen LogP contribution < -0.4 is 5.32 Å². The molecule has 0 aromatic rings. The SMILES string of the molecule is CCCCN1CC2(CCCC2)NCC12CCCC2. The molecule has 3 aliphatic rings. The fourth-order valence-electron chi connectivity index (χ4n) is 4.63. The molecule has 1 heterocycles. The van der Waals surface area contributed by atoms with E-state index in [0.29, 0.717) is 11.1 Å². The van der Waals surface area contributed by atoms with Crippen LogP contribution in [-0.4, -0.2) is 35.6 Å². The molecule has 1 aliphatic heterocycles. The Morgan fingerprint density at radius 2 is 1.67 bits per heavy atom. The molecule has 18 heavy (non-hydrogen) atoms. The van der Waals surface area contributed by atoms with Gasteiger partial charge in [-0.05, 0) is 38.6 Å². The maximum absolute atomic E-state index is 3.99. The van der Waals surface area contributed by atoms with Gasteiger partial charge in [0.1, 0.15) is 0 Å². The summed E-state index contributed by atoms with van der Waals surface area (Å²) in [6.45, 7) is 6.29.